The second-order valence-electron chi connectivity index (χ2n) is 5.63. The molecule has 2 fully saturated rings. The monoisotopic (exact) mass is 277 g/mol. The van der Waals surface area contributed by atoms with Gasteiger partial charge < -0.3 is 14.7 Å². The minimum Gasteiger partial charge on any atom is -0.351 e. The van der Waals surface area contributed by atoms with Gasteiger partial charge in [-0.15, -0.1) is 0 Å². The molecule has 0 bridgehead atoms. The summed E-state index contributed by atoms with van der Waals surface area (Å²) in [7, 11) is 0. The lowest BCUT2D eigenvalue weighted by Gasteiger charge is -2.32. The summed E-state index contributed by atoms with van der Waals surface area (Å²) in [6.07, 6.45) is 5.49. The van der Waals surface area contributed by atoms with Gasteiger partial charge >= 0.3 is 0 Å². The lowest BCUT2D eigenvalue weighted by molar-refractivity contribution is -0.133. The quantitative estimate of drug-likeness (QED) is 0.892. The van der Waals surface area contributed by atoms with Crippen molar-refractivity contribution in [2.45, 2.75) is 25.7 Å². The van der Waals surface area contributed by atoms with E-state index >= 15 is 0 Å². The predicted octanol–water partition coefficient (Wildman–Crippen LogP) is 1.05. The average molecular weight is 277 g/mol. The Bertz CT molecular complexity index is 474. The third-order valence-corrected chi connectivity index (χ3v) is 4.07. The minimum atomic E-state index is -0.223. The Hall–Kier alpha value is -1.85. The fourth-order valence-electron chi connectivity index (χ4n) is 2.60. The standard InChI is InChI=1S/C14H19N3O3/c18-13(12-3-6-16-20-12)15-9-10-4-7-17(8-5-10)14(19)11-1-2-11/h3,6,10-11H,1-2,4-5,7-9H2,(H,15,18). The van der Waals surface area contributed by atoms with E-state index in [0.717, 1.165) is 38.8 Å². The number of hydrogen-bond acceptors (Lipinski definition) is 4. The summed E-state index contributed by atoms with van der Waals surface area (Å²) in [4.78, 5) is 25.6. The molecule has 1 saturated heterocycles. The molecule has 0 atom stereocenters. The van der Waals surface area contributed by atoms with Gasteiger partial charge in [0, 0.05) is 31.6 Å². The fraction of sp³-hybridized carbons (Fsp3) is 0.643. The van der Waals surface area contributed by atoms with Gasteiger partial charge in [-0.25, -0.2) is 0 Å². The highest BCUT2D eigenvalue weighted by Crippen LogP contribution is 2.32. The van der Waals surface area contributed by atoms with E-state index in [1.165, 1.54) is 6.20 Å². The molecule has 1 saturated carbocycles. The number of hydrogen-bond donors (Lipinski definition) is 1. The second-order valence-corrected chi connectivity index (χ2v) is 5.63. The molecule has 0 spiro atoms. The number of nitrogens with one attached hydrogen (secondary N) is 1. The Morgan fingerprint density at radius 2 is 2.05 bits per heavy atom. The van der Waals surface area contributed by atoms with Crippen molar-refractivity contribution < 1.29 is 14.1 Å². The number of amides is 2. The van der Waals surface area contributed by atoms with Gasteiger partial charge in [-0.3, -0.25) is 9.59 Å². The average Bonchev–Trinajstić information content (AvgIpc) is 3.19. The molecule has 1 aromatic rings. The molecule has 1 aliphatic carbocycles. The molecule has 2 amide bonds. The van der Waals surface area contributed by atoms with Crippen LogP contribution in [-0.2, 0) is 4.79 Å². The van der Waals surface area contributed by atoms with Crippen LogP contribution in [0.25, 0.3) is 0 Å². The molecule has 6 heteroatoms. The van der Waals surface area contributed by atoms with Crippen molar-refractivity contribution in [3.63, 3.8) is 0 Å². The summed E-state index contributed by atoms with van der Waals surface area (Å²) in [5, 5.41) is 6.37. The molecule has 108 valence electrons. The summed E-state index contributed by atoms with van der Waals surface area (Å²) in [5.41, 5.74) is 0. The van der Waals surface area contributed by atoms with Crippen molar-refractivity contribution >= 4 is 11.8 Å². The van der Waals surface area contributed by atoms with Gasteiger partial charge in [0.2, 0.25) is 11.7 Å². The molecule has 2 aliphatic rings. The molecule has 0 aromatic carbocycles. The zero-order valence-electron chi connectivity index (χ0n) is 11.4. The number of rotatable bonds is 4. The second kappa shape index (κ2) is 5.64. The zero-order chi connectivity index (χ0) is 13.9. The van der Waals surface area contributed by atoms with Crippen LogP contribution in [-0.4, -0.2) is 41.5 Å². The van der Waals surface area contributed by atoms with Crippen LogP contribution in [0.15, 0.2) is 16.8 Å². The maximum Gasteiger partial charge on any atom is 0.289 e. The highest BCUT2D eigenvalue weighted by atomic mass is 16.5. The first-order valence-corrected chi connectivity index (χ1v) is 7.21. The molecule has 1 aliphatic heterocycles. The molecular formula is C14H19N3O3. The maximum atomic E-state index is 11.9. The van der Waals surface area contributed by atoms with Gasteiger partial charge in [0.05, 0.1) is 6.20 Å². The molecule has 6 nitrogen and oxygen atoms in total. The summed E-state index contributed by atoms with van der Waals surface area (Å²) in [6, 6.07) is 1.55. The first-order valence-electron chi connectivity index (χ1n) is 7.21. The number of piperidine rings is 1. The number of nitrogens with zero attached hydrogens (tertiary/aromatic N) is 2. The van der Waals surface area contributed by atoms with E-state index in [0.29, 0.717) is 24.3 Å². The van der Waals surface area contributed by atoms with Gasteiger partial charge in [-0.2, -0.15) is 0 Å². The van der Waals surface area contributed by atoms with Crippen molar-refractivity contribution in [2.75, 3.05) is 19.6 Å². The Labute approximate surface area is 117 Å². The lowest BCUT2D eigenvalue weighted by Crippen LogP contribution is -2.42. The summed E-state index contributed by atoms with van der Waals surface area (Å²) in [5.74, 6) is 1.09. The normalized spacial score (nSPS) is 19.9. The highest BCUT2D eigenvalue weighted by molar-refractivity contribution is 5.91. The van der Waals surface area contributed by atoms with Crippen LogP contribution in [0.4, 0.5) is 0 Å². The molecular weight excluding hydrogens is 258 g/mol. The van der Waals surface area contributed by atoms with Crippen LogP contribution in [0, 0.1) is 11.8 Å². The van der Waals surface area contributed by atoms with Gasteiger partial charge in [0.1, 0.15) is 0 Å². The van der Waals surface area contributed by atoms with Gasteiger partial charge in [-0.1, -0.05) is 5.16 Å². The van der Waals surface area contributed by atoms with Crippen molar-refractivity contribution in [1.82, 2.24) is 15.4 Å². The predicted molar refractivity (Wildman–Crippen MR) is 70.9 cm³/mol. The highest BCUT2D eigenvalue weighted by Gasteiger charge is 2.34. The van der Waals surface area contributed by atoms with E-state index in [-0.39, 0.29) is 11.7 Å². The number of aromatic nitrogens is 1. The van der Waals surface area contributed by atoms with Crippen molar-refractivity contribution in [2.24, 2.45) is 11.8 Å². The van der Waals surface area contributed by atoms with Gasteiger partial charge in [0.15, 0.2) is 0 Å². The summed E-state index contributed by atoms with van der Waals surface area (Å²) in [6.45, 7) is 2.27. The Kier molecular flexibility index (Phi) is 3.71. The Morgan fingerprint density at radius 1 is 1.30 bits per heavy atom. The van der Waals surface area contributed by atoms with E-state index in [1.54, 1.807) is 6.07 Å². The van der Waals surface area contributed by atoms with E-state index < -0.39 is 0 Å². The van der Waals surface area contributed by atoms with Crippen LogP contribution >= 0.6 is 0 Å². The van der Waals surface area contributed by atoms with Crippen molar-refractivity contribution in [3.8, 4) is 0 Å². The van der Waals surface area contributed by atoms with Crippen LogP contribution in [0.5, 0.6) is 0 Å². The lowest BCUT2D eigenvalue weighted by atomic mass is 9.96. The maximum absolute atomic E-state index is 11.9. The minimum absolute atomic E-state index is 0.223. The largest absolute Gasteiger partial charge is 0.351 e. The van der Waals surface area contributed by atoms with Crippen LogP contribution in [0.2, 0.25) is 0 Å². The van der Waals surface area contributed by atoms with Crippen molar-refractivity contribution in [1.29, 1.82) is 0 Å². The number of carbonyl (C=O) groups is 2. The Morgan fingerprint density at radius 3 is 2.65 bits per heavy atom. The van der Waals surface area contributed by atoms with Crippen LogP contribution in [0.3, 0.4) is 0 Å². The molecule has 20 heavy (non-hydrogen) atoms. The molecule has 2 heterocycles. The SMILES string of the molecule is O=C(NCC1CCN(C(=O)C2CC2)CC1)c1ccno1. The van der Waals surface area contributed by atoms with Crippen LogP contribution in [0.1, 0.15) is 36.2 Å². The van der Waals surface area contributed by atoms with Crippen LogP contribution < -0.4 is 5.32 Å². The first-order chi connectivity index (χ1) is 9.74. The zero-order valence-corrected chi connectivity index (χ0v) is 11.4. The molecule has 1 N–H and O–H groups in total. The third-order valence-electron chi connectivity index (χ3n) is 4.07. The van der Waals surface area contributed by atoms with E-state index in [1.807, 2.05) is 4.90 Å². The molecule has 1 aromatic heterocycles. The molecule has 0 radical (unpaired) electrons. The number of likely N-dealkylation sites (tertiary alicyclic amines) is 1. The first kappa shape index (κ1) is 13.1. The van der Waals surface area contributed by atoms with Gasteiger partial charge in [0.25, 0.3) is 5.91 Å². The summed E-state index contributed by atoms with van der Waals surface area (Å²) >= 11 is 0. The Balaban J connectivity index is 1.40. The topological polar surface area (TPSA) is 75.4 Å². The molecule has 0 unspecified atom stereocenters. The fourth-order valence-corrected chi connectivity index (χ4v) is 2.60. The summed E-state index contributed by atoms with van der Waals surface area (Å²) < 4.78 is 4.80. The van der Waals surface area contributed by atoms with E-state index in [4.69, 9.17) is 4.52 Å². The molecule has 3 rings (SSSR count). The van der Waals surface area contributed by atoms with Gasteiger partial charge in [-0.05, 0) is 31.6 Å². The van der Waals surface area contributed by atoms with E-state index in [2.05, 4.69) is 10.5 Å². The third kappa shape index (κ3) is 3.00. The van der Waals surface area contributed by atoms with Crippen molar-refractivity contribution in [3.05, 3.63) is 18.0 Å². The number of carbonyl (C=O) groups excluding carboxylic acids is 2. The van der Waals surface area contributed by atoms with E-state index in [9.17, 15) is 9.59 Å². The smallest absolute Gasteiger partial charge is 0.289 e.